The van der Waals surface area contributed by atoms with Crippen molar-refractivity contribution in [2.24, 2.45) is 0 Å². The number of halogens is 2. The van der Waals surface area contributed by atoms with Crippen LogP contribution in [-0.2, 0) is 6.42 Å². The number of methoxy groups -OCH3 is 1. The van der Waals surface area contributed by atoms with Crippen LogP contribution >= 0.6 is 15.9 Å². The highest BCUT2D eigenvalue weighted by atomic mass is 79.9. The van der Waals surface area contributed by atoms with Crippen molar-refractivity contribution in [2.75, 3.05) is 24.7 Å². The molecule has 3 N–H and O–H groups in total. The molecule has 2 aromatic carbocycles. The molecule has 0 aliphatic rings. The molecule has 0 bridgehead atoms. The second-order valence-corrected chi connectivity index (χ2v) is 5.23. The average molecular weight is 339 g/mol. The van der Waals surface area contributed by atoms with E-state index >= 15 is 0 Å². The molecule has 0 heterocycles. The monoisotopic (exact) mass is 338 g/mol. The molecule has 0 unspecified atom stereocenters. The quantitative estimate of drug-likeness (QED) is 0.814. The van der Waals surface area contributed by atoms with Crippen molar-refractivity contribution in [1.29, 1.82) is 0 Å². The second-order valence-electron chi connectivity index (χ2n) is 4.38. The van der Waals surface area contributed by atoms with Crippen LogP contribution in [-0.4, -0.2) is 13.7 Å². The van der Waals surface area contributed by atoms with E-state index in [4.69, 9.17) is 10.5 Å². The Labute approximate surface area is 126 Å². The number of anilines is 2. The van der Waals surface area contributed by atoms with Gasteiger partial charge in [-0.2, -0.15) is 0 Å². The Kier molecular flexibility index (Phi) is 4.84. The number of hydrogen-bond acceptors (Lipinski definition) is 3. The van der Waals surface area contributed by atoms with Crippen molar-refractivity contribution in [3.8, 4) is 5.75 Å². The number of hydrogen-bond donors (Lipinski definition) is 2. The molecular weight excluding hydrogens is 323 g/mol. The Morgan fingerprint density at radius 3 is 2.75 bits per heavy atom. The molecule has 0 saturated carbocycles. The fraction of sp³-hybridized carbons (Fsp3) is 0.200. The Morgan fingerprint density at radius 2 is 2.05 bits per heavy atom. The molecular formula is C15H16BrFN2O. The lowest BCUT2D eigenvalue weighted by Gasteiger charge is -2.10. The highest BCUT2D eigenvalue weighted by molar-refractivity contribution is 9.10. The maximum Gasteiger partial charge on any atom is 0.133 e. The highest BCUT2D eigenvalue weighted by Gasteiger charge is 2.03. The van der Waals surface area contributed by atoms with Crippen LogP contribution in [0.4, 0.5) is 15.8 Å². The van der Waals surface area contributed by atoms with Gasteiger partial charge in [0.1, 0.15) is 11.6 Å². The van der Waals surface area contributed by atoms with E-state index in [0.29, 0.717) is 17.9 Å². The standard InChI is InChI=1S/C15H16BrFN2O/c1-20-15-5-2-10(8-12(15)16)6-7-19-14-9-11(17)3-4-13(14)18/h2-5,8-9,19H,6-7,18H2,1H3. The molecule has 2 aromatic rings. The number of nitrogens with two attached hydrogens (primary N) is 1. The molecule has 0 aliphatic carbocycles. The zero-order valence-corrected chi connectivity index (χ0v) is 12.7. The summed E-state index contributed by atoms with van der Waals surface area (Å²) >= 11 is 3.45. The van der Waals surface area contributed by atoms with E-state index in [1.807, 2.05) is 18.2 Å². The summed E-state index contributed by atoms with van der Waals surface area (Å²) in [4.78, 5) is 0. The molecule has 3 nitrogen and oxygen atoms in total. The predicted octanol–water partition coefficient (Wildman–Crippen LogP) is 3.83. The topological polar surface area (TPSA) is 47.3 Å². The summed E-state index contributed by atoms with van der Waals surface area (Å²) in [6.45, 7) is 0.673. The molecule has 0 amide bonds. The van der Waals surface area contributed by atoms with Crippen LogP contribution in [0.1, 0.15) is 5.56 Å². The summed E-state index contributed by atoms with van der Waals surface area (Å²) in [6.07, 6.45) is 0.804. The molecule has 2 rings (SSSR count). The van der Waals surface area contributed by atoms with E-state index in [0.717, 1.165) is 22.2 Å². The zero-order chi connectivity index (χ0) is 14.5. The van der Waals surface area contributed by atoms with Crippen LogP contribution in [0, 0.1) is 5.82 Å². The number of nitrogens with one attached hydrogen (secondary N) is 1. The summed E-state index contributed by atoms with van der Waals surface area (Å²) < 4.78 is 19.2. The molecule has 0 aromatic heterocycles. The lowest BCUT2D eigenvalue weighted by atomic mass is 10.1. The van der Waals surface area contributed by atoms with Gasteiger partial charge in [0, 0.05) is 6.54 Å². The molecule has 0 spiro atoms. The van der Waals surface area contributed by atoms with E-state index in [2.05, 4.69) is 21.2 Å². The Bertz CT molecular complexity index is 604. The minimum atomic E-state index is -0.297. The van der Waals surface area contributed by atoms with Crippen molar-refractivity contribution in [1.82, 2.24) is 0 Å². The Hall–Kier alpha value is -1.75. The van der Waals surface area contributed by atoms with Gasteiger partial charge in [-0.15, -0.1) is 0 Å². The van der Waals surface area contributed by atoms with Crippen LogP contribution in [0.25, 0.3) is 0 Å². The third-order valence-electron chi connectivity index (χ3n) is 2.96. The van der Waals surface area contributed by atoms with Crippen molar-refractivity contribution in [2.45, 2.75) is 6.42 Å². The van der Waals surface area contributed by atoms with Crippen molar-refractivity contribution in [3.05, 3.63) is 52.3 Å². The van der Waals surface area contributed by atoms with Crippen LogP contribution in [0.15, 0.2) is 40.9 Å². The third-order valence-corrected chi connectivity index (χ3v) is 3.58. The van der Waals surface area contributed by atoms with Crippen LogP contribution in [0.2, 0.25) is 0 Å². The van der Waals surface area contributed by atoms with Crippen molar-refractivity contribution < 1.29 is 9.13 Å². The van der Waals surface area contributed by atoms with Gasteiger partial charge >= 0.3 is 0 Å². The van der Waals surface area contributed by atoms with Gasteiger partial charge in [0.15, 0.2) is 0 Å². The number of ether oxygens (including phenoxy) is 1. The van der Waals surface area contributed by atoms with Crippen molar-refractivity contribution in [3.63, 3.8) is 0 Å². The summed E-state index contributed by atoms with van der Waals surface area (Å²) in [5.41, 5.74) is 8.10. The van der Waals surface area contributed by atoms with E-state index < -0.39 is 0 Å². The van der Waals surface area contributed by atoms with Gasteiger partial charge in [0.25, 0.3) is 0 Å². The van der Waals surface area contributed by atoms with Crippen LogP contribution in [0.3, 0.4) is 0 Å². The van der Waals surface area contributed by atoms with E-state index in [1.165, 1.54) is 12.1 Å². The minimum absolute atomic E-state index is 0.297. The Morgan fingerprint density at radius 1 is 1.25 bits per heavy atom. The maximum absolute atomic E-state index is 13.1. The largest absolute Gasteiger partial charge is 0.496 e. The van der Waals surface area contributed by atoms with Crippen molar-refractivity contribution >= 4 is 27.3 Å². The number of nitrogen functional groups attached to an aromatic ring is 1. The zero-order valence-electron chi connectivity index (χ0n) is 11.1. The first-order chi connectivity index (χ1) is 9.60. The minimum Gasteiger partial charge on any atom is -0.496 e. The maximum atomic E-state index is 13.1. The average Bonchev–Trinajstić information content (AvgIpc) is 2.43. The Balaban J connectivity index is 1.96. The van der Waals surface area contributed by atoms with Crippen LogP contribution in [0.5, 0.6) is 5.75 Å². The molecule has 20 heavy (non-hydrogen) atoms. The second kappa shape index (κ2) is 6.61. The van der Waals surface area contributed by atoms with Gasteiger partial charge < -0.3 is 15.8 Å². The molecule has 5 heteroatoms. The normalized spacial score (nSPS) is 10.3. The summed E-state index contributed by atoms with van der Waals surface area (Å²) in [5.74, 6) is 0.505. The fourth-order valence-corrected chi connectivity index (χ4v) is 2.48. The van der Waals surface area contributed by atoms with Gasteiger partial charge in [0.05, 0.1) is 23.0 Å². The van der Waals surface area contributed by atoms with Gasteiger partial charge in [-0.05, 0) is 58.2 Å². The molecule has 0 fully saturated rings. The summed E-state index contributed by atoms with van der Waals surface area (Å²) in [5, 5.41) is 3.14. The molecule has 0 radical (unpaired) electrons. The van der Waals surface area contributed by atoms with Gasteiger partial charge in [0.2, 0.25) is 0 Å². The highest BCUT2D eigenvalue weighted by Crippen LogP contribution is 2.26. The summed E-state index contributed by atoms with van der Waals surface area (Å²) in [6, 6.07) is 10.2. The smallest absolute Gasteiger partial charge is 0.133 e. The molecule has 0 atom stereocenters. The summed E-state index contributed by atoms with van der Waals surface area (Å²) in [7, 11) is 1.63. The van der Waals surface area contributed by atoms with E-state index in [-0.39, 0.29) is 5.82 Å². The van der Waals surface area contributed by atoms with Gasteiger partial charge in [-0.1, -0.05) is 6.07 Å². The van der Waals surface area contributed by atoms with Gasteiger partial charge in [-0.3, -0.25) is 0 Å². The third kappa shape index (κ3) is 3.63. The fourth-order valence-electron chi connectivity index (χ4n) is 1.89. The number of rotatable bonds is 5. The molecule has 0 saturated heterocycles. The first kappa shape index (κ1) is 14.7. The molecule has 0 aliphatic heterocycles. The number of benzene rings is 2. The molecule has 106 valence electrons. The lowest BCUT2D eigenvalue weighted by molar-refractivity contribution is 0.412. The first-order valence-corrected chi connectivity index (χ1v) is 7.01. The van der Waals surface area contributed by atoms with E-state index in [9.17, 15) is 4.39 Å². The predicted molar refractivity (Wildman–Crippen MR) is 83.7 cm³/mol. The lowest BCUT2D eigenvalue weighted by Crippen LogP contribution is -2.07. The first-order valence-electron chi connectivity index (χ1n) is 6.21. The van der Waals surface area contributed by atoms with Crippen LogP contribution < -0.4 is 15.8 Å². The SMILES string of the molecule is COc1ccc(CCNc2cc(F)ccc2N)cc1Br. The van der Waals surface area contributed by atoms with E-state index in [1.54, 1.807) is 13.2 Å². The van der Waals surface area contributed by atoms with Gasteiger partial charge in [-0.25, -0.2) is 4.39 Å².